The summed E-state index contributed by atoms with van der Waals surface area (Å²) in [6.45, 7) is 6.72. The van der Waals surface area contributed by atoms with Gasteiger partial charge in [0, 0.05) is 13.1 Å². The van der Waals surface area contributed by atoms with Crippen LogP contribution in [-0.2, 0) is 6.54 Å². The molecule has 6 nitrogen and oxygen atoms in total. The molecule has 0 atom stereocenters. The number of nitrogens with one attached hydrogen (secondary N) is 2. The highest BCUT2D eigenvalue weighted by molar-refractivity contribution is 14.0. The van der Waals surface area contributed by atoms with Crippen molar-refractivity contribution in [1.29, 1.82) is 0 Å². The van der Waals surface area contributed by atoms with Crippen molar-refractivity contribution in [1.82, 2.24) is 25.4 Å². The number of guanidine groups is 1. The summed E-state index contributed by atoms with van der Waals surface area (Å²) in [6, 6.07) is 8.18. The molecule has 1 heterocycles. The molecule has 0 saturated heterocycles. The molecule has 0 aliphatic heterocycles. The quantitative estimate of drug-likeness (QED) is 0.308. The number of halogens is 1. The van der Waals surface area contributed by atoms with Crippen LogP contribution in [0.1, 0.15) is 32.3 Å². The summed E-state index contributed by atoms with van der Waals surface area (Å²) in [5.74, 6) is 0.872. The lowest BCUT2D eigenvalue weighted by atomic mass is 10.2. The van der Waals surface area contributed by atoms with Crippen molar-refractivity contribution in [3.8, 4) is 5.69 Å². The van der Waals surface area contributed by atoms with Crippen LogP contribution in [-0.4, -0.2) is 33.8 Å². The molecule has 0 unspecified atom stereocenters. The van der Waals surface area contributed by atoms with Gasteiger partial charge in [0.25, 0.3) is 0 Å². The number of unbranched alkanes of at least 4 members (excludes halogenated alkanes) is 1. The summed E-state index contributed by atoms with van der Waals surface area (Å²) in [4.78, 5) is 8.56. The summed E-state index contributed by atoms with van der Waals surface area (Å²) in [5.41, 5.74) is 2.16. The third kappa shape index (κ3) is 6.55. The fourth-order valence-corrected chi connectivity index (χ4v) is 1.99. The summed E-state index contributed by atoms with van der Waals surface area (Å²) in [5, 5.41) is 10.7. The number of benzene rings is 1. The first-order valence-corrected chi connectivity index (χ1v) is 7.79. The molecule has 0 saturated carbocycles. The molecule has 2 N–H and O–H groups in total. The number of aliphatic imine (C=N–C) groups is 1. The molecule has 0 amide bonds. The first kappa shape index (κ1) is 19.4. The Morgan fingerprint density at radius 3 is 2.57 bits per heavy atom. The van der Waals surface area contributed by atoms with Crippen molar-refractivity contribution in [2.24, 2.45) is 4.99 Å². The maximum atomic E-state index is 4.61. The van der Waals surface area contributed by atoms with Crippen molar-refractivity contribution in [2.45, 2.75) is 33.2 Å². The molecule has 23 heavy (non-hydrogen) atoms. The lowest BCUT2D eigenvalue weighted by molar-refractivity contribution is 0.730. The largest absolute Gasteiger partial charge is 0.357 e. The monoisotopic (exact) mass is 428 g/mol. The van der Waals surface area contributed by atoms with E-state index in [1.807, 2.05) is 12.1 Å². The Bertz CT molecular complexity index is 565. The molecule has 0 aliphatic carbocycles. The van der Waals surface area contributed by atoms with E-state index in [2.05, 4.69) is 51.7 Å². The van der Waals surface area contributed by atoms with Crippen molar-refractivity contribution in [3.63, 3.8) is 0 Å². The molecular weight excluding hydrogens is 403 g/mol. The van der Waals surface area contributed by atoms with E-state index in [-0.39, 0.29) is 24.0 Å². The Morgan fingerprint density at radius 2 is 1.96 bits per heavy atom. The normalized spacial score (nSPS) is 11.0. The first-order chi connectivity index (χ1) is 10.8. The van der Waals surface area contributed by atoms with E-state index < -0.39 is 0 Å². The van der Waals surface area contributed by atoms with Gasteiger partial charge in [-0.05, 0) is 31.0 Å². The van der Waals surface area contributed by atoms with Gasteiger partial charge < -0.3 is 10.6 Å². The van der Waals surface area contributed by atoms with E-state index in [1.165, 1.54) is 12.7 Å². The van der Waals surface area contributed by atoms with Gasteiger partial charge in [0.15, 0.2) is 5.96 Å². The maximum absolute atomic E-state index is 4.61. The van der Waals surface area contributed by atoms with Crippen LogP contribution in [0.5, 0.6) is 0 Å². The molecule has 126 valence electrons. The van der Waals surface area contributed by atoms with Crippen molar-refractivity contribution in [2.75, 3.05) is 13.1 Å². The van der Waals surface area contributed by atoms with Gasteiger partial charge >= 0.3 is 0 Å². The third-order valence-electron chi connectivity index (χ3n) is 3.21. The van der Waals surface area contributed by atoms with Gasteiger partial charge in [-0.3, -0.25) is 0 Å². The van der Waals surface area contributed by atoms with E-state index in [4.69, 9.17) is 0 Å². The second-order valence-corrected chi connectivity index (χ2v) is 4.98. The zero-order valence-corrected chi connectivity index (χ0v) is 16.0. The second kappa shape index (κ2) is 11.0. The molecule has 2 rings (SSSR count). The minimum atomic E-state index is 0. The second-order valence-electron chi connectivity index (χ2n) is 4.98. The van der Waals surface area contributed by atoms with E-state index in [0.717, 1.165) is 36.7 Å². The predicted octanol–water partition coefficient (Wildman–Crippen LogP) is 2.74. The van der Waals surface area contributed by atoms with Gasteiger partial charge in [-0.25, -0.2) is 14.7 Å². The van der Waals surface area contributed by atoms with Crippen LogP contribution in [0.3, 0.4) is 0 Å². The Morgan fingerprint density at radius 1 is 1.17 bits per heavy atom. The number of rotatable bonds is 7. The number of hydrogen-bond donors (Lipinski definition) is 2. The highest BCUT2D eigenvalue weighted by Gasteiger charge is 1.99. The van der Waals surface area contributed by atoms with Gasteiger partial charge in [0.1, 0.15) is 12.7 Å². The molecule has 1 aromatic carbocycles. The van der Waals surface area contributed by atoms with Crippen LogP contribution < -0.4 is 10.6 Å². The summed E-state index contributed by atoms with van der Waals surface area (Å²) < 4.78 is 1.74. The standard InChI is InChI=1S/C16H24N6.HI/c1-3-5-10-19-16(18-4-2)20-11-14-6-8-15(9-7-14)22-13-17-12-21-22;/h6-9,12-13H,3-5,10-11H2,1-2H3,(H2,18,19,20);1H. The molecule has 2 aromatic rings. The maximum Gasteiger partial charge on any atom is 0.191 e. The number of nitrogens with zero attached hydrogens (tertiary/aromatic N) is 4. The Hall–Kier alpha value is -1.64. The molecule has 0 bridgehead atoms. The Balaban J connectivity index is 0.00000264. The molecule has 1 aromatic heterocycles. The van der Waals surface area contributed by atoms with E-state index in [0.29, 0.717) is 6.54 Å². The van der Waals surface area contributed by atoms with Crippen molar-refractivity contribution >= 4 is 29.9 Å². The van der Waals surface area contributed by atoms with E-state index >= 15 is 0 Å². The van der Waals surface area contributed by atoms with Crippen LogP contribution in [0, 0.1) is 0 Å². The fraction of sp³-hybridized carbons (Fsp3) is 0.438. The minimum Gasteiger partial charge on any atom is -0.357 e. The van der Waals surface area contributed by atoms with Crippen LogP contribution in [0.25, 0.3) is 5.69 Å². The zero-order chi connectivity index (χ0) is 15.6. The molecule has 0 spiro atoms. The lowest BCUT2D eigenvalue weighted by Crippen LogP contribution is -2.37. The smallest absolute Gasteiger partial charge is 0.191 e. The van der Waals surface area contributed by atoms with Crippen LogP contribution >= 0.6 is 24.0 Å². The molecule has 0 radical (unpaired) electrons. The SMILES string of the molecule is CCCCNC(=NCc1ccc(-n2cncn2)cc1)NCC.I. The van der Waals surface area contributed by atoms with Gasteiger partial charge in [-0.2, -0.15) is 5.10 Å². The Labute approximate surface area is 154 Å². The number of aromatic nitrogens is 3. The summed E-state index contributed by atoms with van der Waals surface area (Å²) >= 11 is 0. The van der Waals surface area contributed by atoms with Gasteiger partial charge in [0.2, 0.25) is 0 Å². The van der Waals surface area contributed by atoms with Gasteiger partial charge in [-0.15, -0.1) is 24.0 Å². The van der Waals surface area contributed by atoms with Gasteiger partial charge in [-0.1, -0.05) is 25.5 Å². The third-order valence-corrected chi connectivity index (χ3v) is 3.21. The average molecular weight is 428 g/mol. The zero-order valence-electron chi connectivity index (χ0n) is 13.7. The van der Waals surface area contributed by atoms with Gasteiger partial charge in [0.05, 0.1) is 12.2 Å². The Kier molecular flexibility index (Phi) is 9.27. The highest BCUT2D eigenvalue weighted by Crippen LogP contribution is 2.08. The van der Waals surface area contributed by atoms with Crippen molar-refractivity contribution in [3.05, 3.63) is 42.5 Å². The van der Waals surface area contributed by atoms with E-state index in [9.17, 15) is 0 Å². The lowest BCUT2D eigenvalue weighted by Gasteiger charge is -2.10. The van der Waals surface area contributed by atoms with Crippen molar-refractivity contribution < 1.29 is 0 Å². The van der Waals surface area contributed by atoms with E-state index in [1.54, 1.807) is 11.0 Å². The fourth-order valence-electron chi connectivity index (χ4n) is 1.99. The van der Waals surface area contributed by atoms with Crippen LogP contribution in [0.4, 0.5) is 0 Å². The highest BCUT2D eigenvalue weighted by atomic mass is 127. The molecule has 0 aliphatic rings. The first-order valence-electron chi connectivity index (χ1n) is 7.79. The van der Waals surface area contributed by atoms with Crippen LogP contribution in [0.2, 0.25) is 0 Å². The minimum absolute atomic E-state index is 0. The average Bonchev–Trinajstić information content (AvgIpc) is 3.08. The molecule has 0 fully saturated rings. The summed E-state index contributed by atoms with van der Waals surface area (Å²) in [7, 11) is 0. The number of hydrogen-bond acceptors (Lipinski definition) is 3. The molecule has 7 heteroatoms. The topological polar surface area (TPSA) is 67.1 Å². The van der Waals surface area contributed by atoms with Crippen LogP contribution in [0.15, 0.2) is 41.9 Å². The summed E-state index contributed by atoms with van der Waals surface area (Å²) in [6.07, 6.45) is 5.55. The molecular formula is C16H25IN6. The predicted molar refractivity (Wildman–Crippen MR) is 105 cm³/mol.